The maximum absolute atomic E-state index is 12.7. The Morgan fingerprint density at radius 3 is 2.24 bits per heavy atom. The van der Waals surface area contributed by atoms with Crippen molar-refractivity contribution >= 4 is 9.84 Å². The summed E-state index contributed by atoms with van der Waals surface area (Å²) in [5, 5.41) is 14.4. The van der Waals surface area contributed by atoms with Crippen molar-refractivity contribution in [2.24, 2.45) is 7.05 Å². The molecule has 1 aromatic carbocycles. The summed E-state index contributed by atoms with van der Waals surface area (Å²) in [7, 11) is -1.83. The maximum atomic E-state index is 12.7. The number of aryl methyl sites for hydroxylation is 1. The van der Waals surface area contributed by atoms with Gasteiger partial charge in [0.25, 0.3) is 0 Å². The predicted molar refractivity (Wildman–Crippen MR) is 82.0 cm³/mol. The number of nitrogens with zero attached hydrogens (tertiary/aromatic N) is 2. The second-order valence-electron chi connectivity index (χ2n) is 6.02. The van der Waals surface area contributed by atoms with Crippen LogP contribution in [0.2, 0.25) is 0 Å². The smallest absolute Gasteiger partial charge is 0.183 e. The third kappa shape index (κ3) is 2.44. The molecule has 2 aromatic rings. The van der Waals surface area contributed by atoms with E-state index in [1.54, 1.807) is 59.0 Å². The van der Waals surface area contributed by atoms with Crippen molar-refractivity contribution in [3.8, 4) is 17.0 Å². The van der Waals surface area contributed by atoms with E-state index in [9.17, 15) is 13.5 Å². The molecule has 0 radical (unpaired) electrons. The molecule has 0 saturated carbocycles. The van der Waals surface area contributed by atoms with Gasteiger partial charge >= 0.3 is 0 Å². The van der Waals surface area contributed by atoms with Crippen LogP contribution in [0.25, 0.3) is 11.3 Å². The van der Waals surface area contributed by atoms with Crippen LogP contribution in [0, 0.1) is 6.92 Å². The van der Waals surface area contributed by atoms with E-state index in [4.69, 9.17) is 0 Å². The minimum absolute atomic E-state index is 0.00839. The highest BCUT2D eigenvalue weighted by Gasteiger charge is 2.34. The number of hydrogen-bond donors (Lipinski definition) is 1. The molecule has 0 fully saturated rings. The molecule has 5 nitrogen and oxygen atoms in total. The van der Waals surface area contributed by atoms with E-state index >= 15 is 0 Å². The van der Waals surface area contributed by atoms with Crippen molar-refractivity contribution in [2.45, 2.75) is 37.3 Å². The van der Waals surface area contributed by atoms with Crippen LogP contribution in [0.4, 0.5) is 0 Å². The van der Waals surface area contributed by atoms with Gasteiger partial charge in [0, 0.05) is 12.6 Å². The molecule has 0 unspecified atom stereocenters. The zero-order valence-corrected chi connectivity index (χ0v) is 13.7. The lowest BCUT2D eigenvalue weighted by Gasteiger charge is -2.21. The molecule has 0 aliphatic rings. The first-order chi connectivity index (χ1) is 9.57. The molecule has 1 N–H and O–H groups in total. The van der Waals surface area contributed by atoms with E-state index in [2.05, 4.69) is 5.10 Å². The molecule has 114 valence electrons. The van der Waals surface area contributed by atoms with E-state index in [-0.39, 0.29) is 10.6 Å². The van der Waals surface area contributed by atoms with E-state index in [1.165, 1.54) is 4.68 Å². The Labute approximate surface area is 125 Å². The average molecular weight is 308 g/mol. The van der Waals surface area contributed by atoms with Gasteiger partial charge in [-0.3, -0.25) is 4.68 Å². The summed E-state index contributed by atoms with van der Waals surface area (Å²) in [6.07, 6.45) is 0. The van der Waals surface area contributed by atoms with Crippen molar-refractivity contribution in [3.05, 3.63) is 30.0 Å². The zero-order chi connectivity index (χ0) is 16.0. The second-order valence-corrected chi connectivity index (χ2v) is 8.69. The number of sulfone groups is 1. The molecule has 21 heavy (non-hydrogen) atoms. The highest BCUT2D eigenvalue weighted by molar-refractivity contribution is 7.92. The summed E-state index contributed by atoms with van der Waals surface area (Å²) in [6, 6.07) is 6.63. The third-order valence-corrected chi connectivity index (χ3v) is 6.09. The minimum Gasteiger partial charge on any atom is -0.504 e. The lowest BCUT2D eigenvalue weighted by Crippen LogP contribution is -2.28. The van der Waals surface area contributed by atoms with Crippen LogP contribution >= 0.6 is 0 Å². The first-order valence-electron chi connectivity index (χ1n) is 6.64. The Hall–Kier alpha value is -1.82. The van der Waals surface area contributed by atoms with Crippen molar-refractivity contribution in [2.75, 3.05) is 0 Å². The van der Waals surface area contributed by atoms with Crippen LogP contribution in [0.15, 0.2) is 29.2 Å². The van der Waals surface area contributed by atoms with Crippen LogP contribution in [0.5, 0.6) is 5.75 Å². The summed E-state index contributed by atoms with van der Waals surface area (Å²) >= 11 is 0. The topological polar surface area (TPSA) is 72.2 Å². The Morgan fingerprint density at radius 1 is 1.19 bits per heavy atom. The van der Waals surface area contributed by atoms with Gasteiger partial charge in [0.05, 0.1) is 15.3 Å². The van der Waals surface area contributed by atoms with E-state index < -0.39 is 14.6 Å². The van der Waals surface area contributed by atoms with Crippen molar-refractivity contribution < 1.29 is 13.5 Å². The molecule has 2 rings (SSSR count). The van der Waals surface area contributed by atoms with Crippen molar-refractivity contribution in [3.63, 3.8) is 0 Å². The fourth-order valence-corrected chi connectivity index (χ4v) is 3.38. The predicted octanol–water partition coefficient (Wildman–Crippen LogP) is 2.67. The van der Waals surface area contributed by atoms with Crippen molar-refractivity contribution in [1.29, 1.82) is 0 Å². The second kappa shape index (κ2) is 4.87. The molecular formula is C15H20N2O3S. The number of hydrogen-bond acceptors (Lipinski definition) is 4. The minimum atomic E-state index is -3.54. The molecule has 1 heterocycles. The molecule has 0 bridgehead atoms. The Morgan fingerprint density at radius 2 is 1.76 bits per heavy atom. The van der Waals surface area contributed by atoms with Gasteiger partial charge in [0.1, 0.15) is 5.69 Å². The Bertz CT molecular complexity index is 784. The molecule has 1 aromatic heterocycles. The molecule has 0 amide bonds. The van der Waals surface area contributed by atoms with Gasteiger partial charge in [-0.1, -0.05) is 18.2 Å². The molecule has 0 aliphatic heterocycles. The van der Waals surface area contributed by atoms with Gasteiger partial charge in [0.2, 0.25) is 0 Å². The number of benzene rings is 1. The summed E-state index contributed by atoms with van der Waals surface area (Å²) in [5.41, 5.74) is 1.31. The summed E-state index contributed by atoms with van der Waals surface area (Å²) in [6.45, 7) is 6.70. The number of aromatic nitrogens is 2. The molecule has 0 atom stereocenters. The van der Waals surface area contributed by atoms with E-state index in [1.807, 2.05) is 0 Å². The summed E-state index contributed by atoms with van der Waals surface area (Å²) in [5.74, 6) is 0.00839. The van der Waals surface area contributed by atoms with Crippen LogP contribution in [0.3, 0.4) is 0 Å². The van der Waals surface area contributed by atoms with Gasteiger partial charge in [-0.2, -0.15) is 5.10 Å². The fraction of sp³-hybridized carbons (Fsp3) is 0.400. The number of aromatic hydroxyl groups is 1. The first kappa shape index (κ1) is 15.6. The highest BCUT2D eigenvalue weighted by Crippen LogP contribution is 2.37. The third-order valence-electron chi connectivity index (χ3n) is 3.54. The Balaban J connectivity index is 2.77. The first-order valence-corrected chi connectivity index (χ1v) is 8.12. The normalized spacial score (nSPS) is 12.6. The summed E-state index contributed by atoms with van der Waals surface area (Å²) < 4.78 is 26.1. The monoisotopic (exact) mass is 308 g/mol. The average Bonchev–Trinajstić information content (AvgIpc) is 2.65. The lowest BCUT2D eigenvalue weighted by atomic mass is 10.1. The number of rotatable bonds is 2. The Kier molecular flexibility index (Phi) is 3.61. The summed E-state index contributed by atoms with van der Waals surface area (Å²) in [4.78, 5) is 0.186. The zero-order valence-electron chi connectivity index (χ0n) is 12.9. The van der Waals surface area contributed by atoms with Crippen LogP contribution in [0.1, 0.15) is 26.5 Å². The standard InChI is InChI=1S/C15H20N2O3S/c1-10-14(18)13(16-17(10)5)11-8-6-7-9-12(11)21(19,20)15(2,3)4/h6-9,18H,1-5H3. The SMILES string of the molecule is Cc1c(O)c(-c2ccccc2S(=O)(=O)C(C)(C)C)nn1C. The molecular weight excluding hydrogens is 288 g/mol. The van der Waals surface area contributed by atoms with Gasteiger partial charge in [0.15, 0.2) is 15.6 Å². The molecule has 0 saturated heterocycles. The van der Waals surface area contributed by atoms with Gasteiger partial charge in [-0.05, 0) is 33.8 Å². The van der Waals surface area contributed by atoms with Crippen LogP contribution in [-0.4, -0.2) is 28.1 Å². The highest BCUT2D eigenvalue weighted by atomic mass is 32.2. The largest absolute Gasteiger partial charge is 0.504 e. The van der Waals surface area contributed by atoms with Gasteiger partial charge in [-0.15, -0.1) is 0 Å². The van der Waals surface area contributed by atoms with Gasteiger partial charge < -0.3 is 5.11 Å². The van der Waals surface area contributed by atoms with Gasteiger partial charge in [-0.25, -0.2) is 8.42 Å². The molecule has 6 heteroatoms. The molecule has 0 spiro atoms. The van der Waals surface area contributed by atoms with E-state index in [0.717, 1.165) is 0 Å². The van der Waals surface area contributed by atoms with Crippen LogP contribution < -0.4 is 0 Å². The van der Waals surface area contributed by atoms with E-state index in [0.29, 0.717) is 17.0 Å². The van der Waals surface area contributed by atoms with Crippen molar-refractivity contribution in [1.82, 2.24) is 9.78 Å². The lowest BCUT2D eigenvalue weighted by molar-refractivity contribution is 0.471. The maximum Gasteiger partial charge on any atom is 0.183 e. The fourth-order valence-electron chi connectivity index (χ4n) is 2.00. The quantitative estimate of drug-likeness (QED) is 0.926. The molecule has 0 aliphatic carbocycles. The van der Waals surface area contributed by atoms with Crippen LogP contribution in [-0.2, 0) is 16.9 Å².